The normalized spacial score (nSPS) is 28.4. The minimum absolute atomic E-state index is 0.0346. The summed E-state index contributed by atoms with van der Waals surface area (Å²) >= 11 is 0. The van der Waals surface area contributed by atoms with E-state index < -0.39 is 15.4 Å². The van der Waals surface area contributed by atoms with E-state index >= 15 is 0 Å². The first-order valence-electron chi connectivity index (χ1n) is 6.11. The van der Waals surface area contributed by atoms with E-state index in [1.165, 1.54) is 0 Å². The Kier molecular flexibility index (Phi) is 3.20. The highest BCUT2D eigenvalue weighted by Crippen LogP contribution is 2.38. The Labute approximate surface area is 102 Å². The van der Waals surface area contributed by atoms with E-state index in [0.29, 0.717) is 12.8 Å². The zero-order valence-corrected chi connectivity index (χ0v) is 10.9. The van der Waals surface area contributed by atoms with Crippen LogP contribution in [0.4, 0.5) is 0 Å². The van der Waals surface area contributed by atoms with E-state index in [9.17, 15) is 13.2 Å². The lowest BCUT2D eigenvalue weighted by Gasteiger charge is -2.29. The number of rotatable bonds is 3. The van der Waals surface area contributed by atoms with E-state index in [4.69, 9.17) is 5.73 Å². The third-order valence-electron chi connectivity index (χ3n) is 3.80. The molecule has 1 saturated carbocycles. The van der Waals surface area contributed by atoms with Gasteiger partial charge in [-0.3, -0.25) is 4.79 Å². The number of sulfone groups is 1. The second kappa shape index (κ2) is 4.24. The topological polar surface area (TPSA) is 89.3 Å². The van der Waals surface area contributed by atoms with Crippen molar-refractivity contribution in [3.8, 4) is 0 Å². The molecule has 0 radical (unpaired) electrons. The summed E-state index contributed by atoms with van der Waals surface area (Å²) in [6, 6.07) is -0.0346. The van der Waals surface area contributed by atoms with Gasteiger partial charge in [-0.15, -0.1) is 0 Å². The van der Waals surface area contributed by atoms with Crippen LogP contribution in [0.5, 0.6) is 0 Å². The van der Waals surface area contributed by atoms with Gasteiger partial charge in [-0.05, 0) is 38.5 Å². The van der Waals surface area contributed by atoms with E-state index in [1.54, 1.807) is 6.92 Å². The molecule has 3 N–H and O–H groups in total. The minimum atomic E-state index is -2.87. The van der Waals surface area contributed by atoms with Crippen molar-refractivity contribution in [3.05, 3.63) is 0 Å². The van der Waals surface area contributed by atoms with Crippen molar-refractivity contribution < 1.29 is 13.2 Å². The number of carbonyl (C=O) groups excluding carboxylic acids is 1. The highest BCUT2D eigenvalue weighted by Gasteiger charge is 2.44. The van der Waals surface area contributed by atoms with Crippen LogP contribution in [0.15, 0.2) is 0 Å². The number of amides is 1. The molecule has 1 unspecified atom stereocenters. The Bertz CT molecular complexity index is 398. The molecule has 0 aromatic heterocycles. The zero-order chi connectivity index (χ0) is 12.7. The molecule has 1 aliphatic carbocycles. The number of nitrogens with one attached hydrogen (secondary N) is 1. The van der Waals surface area contributed by atoms with Crippen LogP contribution < -0.4 is 11.1 Å². The number of hydrogen-bond acceptors (Lipinski definition) is 4. The fourth-order valence-electron chi connectivity index (χ4n) is 2.24. The van der Waals surface area contributed by atoms with Crippen molar-refractivity contribution in [3.63, 3.8) is 0 Å². The van der Waals surface area contributed by atoms with Crippen LogP contribution in [-0.2, 0) is 14.6 Å². The van der Waals surface area contributed by atoms with Gasteiger partial charge in [0.1, 0.15) is 9.84 Å². The van der Waals surface area contributed by atoms with Gasteiger partial charge in [0.2, 0.25) is 5.91 Å². The van der Waals surface area contributed by atoms with Gasteiger partial charge in [-0.2, -0.15) is 0 Å². The summed E-state index contributed by atoms with van der Waals surface area (Å²) < 4.78 is 22.5. The molecule has 1 heterocycles. The van der Waals surface area contributed by atoms with E-state index in [2.05, 4.69) is 5.32 Å². The quantitative estimate of drug-likeness (QED) is 0.736. The van der Waals surface area contributed by atoms with Crippen LogP contribution in [0, 0.1) is 5.92 Å². The fourth-order valence-corrected chi connectivity index (χ4v) is 3.74. The summed E-state index contributed by atoms with van der Waals surface area (Å²) in [7, 11) is -2.87. The molecule has 1 atom stereocenters. The molecular formula is C11H20N2O3S. The molecule has 2 aliphatic rings. The Morgan fingerprint density at radius 3 is 2.24 bits per heavy atom. The largest absolute Gasteiger partial charge is 0.352 e. The average Bonchev–Trinajstić information content (AvgIpc) is 3.04. The van der Waals surface area contributed by atoms with Crippen molar-refractivity contribution in [1.82, 2.24) is 5.32 Å². The highest BCUT2D eigenvalue weighted by molar-refractivity contribution is 7.91. The molecule has 6 heteroatoms. The van der Waals surface area contributed by atoms with Gasteiger partial charge >= 0.3 is 0 Å². The molecule has 17 heavy (non-hydrogen) atoms. The average molecular weight is 260 g/mol. The minimum Gasteiger partial charge on any atom is -0.352 e. The SMILES string of the molecule is CC(N)(C(=O)NC1CCS(=O)(=O)CC1)C1CC1. The van der Waals surface area contributed by atoms with Crippen LogP contribution in [0.25, 0.3) is 0 Å². The lowest BCUT2D eigenvalue weighted by atomic mass is 9.95. The second-order valence-corrected chi connectivity index (χ2v) is 7.76. The zero-order valence-electron chi connectivity index (χ0n) is 10.1. The van der Waals surface area contributed by atoms with Gasteiger partial charge in [-0.1, -0.05) is 0 Å². The number of nitrogens with two attached hydrogens (primary N) is 1. The maximum atomic E-state index is 12.0. The number of carbonyl (C=O) groups is 1. The third-order valence-corrected chi connectivity index (χ3v) is 5.52. The van der Waals surface area contributed by atoms with Gasteiger partial charge in [0.05, 0.1) is 17.0 Å². The third kappa shape index (κ3) is 2.98. The van der Waals surface area contributed by atoms with Crippen molar-refractivity contribution in [2.75, 3.05) is 11.5 Å². The predicted octanol–water partition coefficient (Wildman–Crippen LogP) is -0.193. The standard InChI is InChI=1S/C11H20N2O3S/c1-11(12,8-2-3-8)10(14)13-9-4-6-17(15,16)7-5-9/h8-9H,2-7,12H2,1H3,(H,13,14). The summed E-state index contributed by atoms with van der Waals surface area (Å²) in [4.78, 5) is 12.0. The maximum absolute atomic E-state index is 12.0. The van der Waals surface area contributed by atoms with Gasteiger partial charge in [-0.25, -0.2) is 8.42 Å². The van der Waals surface area contributed by atoms with Crippen LogP contribution >= 0.6 is 0 Å². The van der Waals surface area contributed by atoms with E-state index in [1.807, 2.05) is 0 Å². The molecule has 1 aliphatic heterocycles. The molecule has 2 fully saturated rings. The lowest BCUT2D eigenvalue weighted by Crippen LogP contribution is -2.56. The summed E-state index contributed by atoms with van der Waals surface area (Å²) in [6.45, 7) is 1.76. The predicted molar refractivity (Wildman–Crippen MR) is 65.1 cm³/mol. The molecule has 1 amide bonds. The second-order valence-electron chi connectivity index (χ2n) is 5.46. The number of hydrogen-bond donors (Lipinski definition) is 2. The fraction of sp³-hybridized carbons (Fsp3) is 0.909. The summed E-state index contributed by atoms with van der Waals surface area (Å²) in [5.41, 5.74) is 5.21. The molecule has 0 aromatic rings. The van der Waals surface area contributed by atoms with Crippen LogP contribution in [0.2, 0.25) is 0 Å². The van der Waals surface area contributed by atoms with Gasteiger partial charge in [0.15, 0.2) is 0 Å². The van der Waals surface area contributed by atoms with Crippen molar-refractivity contribution >= 4 is 15.7 Å². The first kappa shape index (κ1) is 12.8. The first-order valence-corrected chi connectivity index (χ1v) is 7.94. The van der Waals surface area contributed by atoms with E-state index in [0.717, 1.165) is 12.8 Å². The molecular weight excluding hydrogens is 240 g/mol. The van der Waals surface area contributed by atoms with Gasteiger partial charge in [0.25, 0.3) is 0 Å². The van der Waals surface area contributed by atoms with Crippen LogP contribution in [0.3, 0.4) is 0 Å². The van der Waals surface area contributed by atoms with Gasteiger partial charge in [0, 0.05) is 6.04 Å². The smallest absolute Gasteiger partial charge is 0.240 e. The summed E-state index contributed by atoms with van der Waals surface area (Å²) in [6.07, 6.45) is 3.04. The molecule has 5 nitrogen and oxygen atoms in total. The Morgan fingerprint density at radius 1 is 1.24 bits per heavy atom. The van der Waals surface area contributed by atoms with Crippen molar-refractivity contribution in [1.29, 1.82) is 0 Å². The Hall–Kier alpha value is -0.620. The van der Waals surface area contributed by atoms with E-state index in [-0.39, 0.29) is 29.4 Å². The van der Waals surface area contributed by atoms with Crippen LogP contribution in [0.1, 0.15) is 32.6 Å². The monoisotopic (exact) mass is 260 g/mol. The maximum Gasteiger partial charge on any atom is 0.240 e. The van der Waals surface area contributed by atoms with Gasteiger partial charge < -0.3 is 11.1 Å². The summed E-state index contributed by atoms with van der Waals surface area (Å²) in [5.74, 6) is 0.491. The van der Waals surface area contributed by atoms with Crippen molar-refractivity contribution in [2.45, 2.75) is 44.2 Å². The first-order chi connectivity index (χ1) is 7.81. The molecule has 1 saturated heterocycles. The molecule has 2 rings (SSSR count). The van der Waals surface area contributed by atoms with Crippen LogP contribution in [-0.4, -0.2) is 37.4 Å². The molecule has 0 spiro atoms. The Balaban J connectivity index is 1.87. The Morgan fingerprint density at radius 2 is 1.76 bits per heavy atom. The molecule has 0 aromatic carbocycles. The molecule has 98 valence electrons. The lowest BCUT2D eigenvalue weighted by molar-refractivity contribution is -0.127. The molecule has 0 bridgehead atoms. The highest BCUT2D eigenvalue weighted by atomic mass is 32.2. The van der Waals surface area contributed by atoms with Crippen molar-refractivity contribution in [2.24, 2.45) is 11.7 Å². The summed E-state index contributed by atoms with van der Waals surface area (Å²) in [5, 5.41) is 2.89.